The lowest BCUT2D eigenvalue weighted by molar-refractivity contribution is -0.384. The van der Waals surface area contributed by atoms with Crippen LogP contribution in [-0.2, 0) is 4.74 Å². The third kappa shape index (κ3) is 4.07. The molecule has 0 atom stereocenters. The summed E-state index contributed by atoms with van der Waals surface area (Å²) in [5, 5.41) is 11.4. The second-order valence-electron chi connectivity index (χ2n) is 6.75. The molecule has 0 N–H and O–H groups in total. The molecule has 0 amide bonds. The number of esters is 1. The van der Waals surface area contributed by atoms with Crippen molar-refractivity contribution in [3.05, 3.63) is 27.9 Å². The summed E-state index contributed by atoms with van der Waals surface area (Å²) >= 11 is 0. The first kappa shape index (κ1) is 17.6. The van der Waals surface area contributed by atoms with Crippen LogP contribution in [0.4, 0.5) is 11.5 Å². The van der Waals surface area contributed by atoms with Crippen molar-refractivity contribution in [2.75, 3.05) is 44.7 Å². The van der Waals surface area contributed by atoms with Crippen molar-refractivity contribution in [3.63, 3.8) is 0 Å². The average molecular weight is 348 g/mol. The summed E-state index contributed by atoms with van der Waals surface area (Å²) in [4.78, 5) is 31.2. The summed E-state index contributed by atoms with van der Waals surface area (Å²) in [6, 6.07) is 1.25. The Balaban J connectivity index is 1.67. The number of hydrogen-bond acceptors (Lipinski definition) is 7. The second kappa shape index (κ2) is 7.77. The van der Waals surface area contributed by atoms with E-state index in [1.807, 2.05) is 4.90 Å². The SMILES string of the molecule is COC(=O)c1cnc(N2CCC(CN3CCCC3)CC2)c([N+](=O)[O-])c1. The Hall–Kier alpha value is -2.22. The predicted octanol–water partition coefficient (Wildman–Crippen LogP) is 2.09. The van der Waals surface area contributed by atoms with E-state index < -0.39 is 10.9 Å². The minimum Gasteiger partial charge on any atom is -0.465 e. The molecule has 2 aliphatic heterocycles. The third-order valence-corrected chi connectivity index (χ3v) is 5.09. The lowest BCUT2D eigenvalue weighted by Gasteiger charge is -2.34. The summed E-state index contributed by atoms with van der Waals surface area (Å²) in [6.45, 7) is 5.03. The highest BCUT2D eigenvalue weighted by Crippen LogP contribution is 2.31. The van der Waals surface area contributed by atoms with E-state index in [1.165, 1.54) is 45.3 Å². The number of rotatable bonds is 5. The Morgan fingerprint density at radius 1 is 1.32 bits per heavy atom. The predicted molar refractivity (Wildman–Crippen MR) is 92.8 cm³/mol. The Kier molecular flexibility index (Phi) is 5.47. The summed E-state index contributed by atoms with van der Waals surface area (Å²) in [7, 11) is 1.24. The molecule has 3 heterocycles. The number of hydrogen-bond donors (Lipinski definition) is 0. The molecule has 1 aromatic heterocycles. The van der Waals surface area contributed by atoms with Crippen LogP contribution in [0.1, 0.15) is 36.0 Å². The number of likely N-dealkylation sites (tertiary alicyclic amines) is 1. The van der Waals surface area contributed by atoms with E-state index in [2.05, 4.69) is 14.6 Å². The number of carbonyl (C=O) groups is 1. The second-order valence-corrected chi connectivity index (χ2v) is 6.75. The van der Waals surface area contributed by atoms with Crippen LogP contribution < -0.4 is 4.90 Å². The first-order valence-electron chi connectivity index (χ1n) is 8.78. The van der Waals surface area contributed by atoms with E-state index in [9.17, 15) is 14.9 Å². The fourth-order valence-electron chi connectivity index (χ4n) is 3.71. The van der Waals surface area contributed by atoms with Gasteiger partial charge in [0.2, 0.25) is 5.82 Å². The van der Waals surface area contributed by atoms with Crippen molar-refractivity contribution < 1.29 is 14.5 Å². The average Bonchev–Trinajstić information content (AvgIpc) is 3.14. The standard InChI is InChI=1S/C17H24N4O4/c1-25-17(22)14-10-15(21(23)24)16(18-11-14)20-8-4-13(5-9-20)12-19-6-2-3-7-19/h10-11,13H,2-9,12H2,1H3. The number of ether oxygens (including phenoxy) is 1. The highest BCUT2D eigenvalue weighted by molar-refractivity contribution is 5.90. The first-order valence-corrected chi connectivity index (χ1v) is 8.78. The van der Waals surface area contributed by atoms with Gasteiger partial charge in [-0.05, 0) is 44.7 Å². The molecule has 8 nitrogen and oxygen atoms in total. The van der Waals surface area contributed by atoms with Gasteiger partial charge in [-0.1, -0.05) is 0 Å². The lowest BCUT2D eigenvalue weighted by Crippen LogP contribution is -2.38. The Morgan fingerprint density at radius 2 is 2.00 bits per heavy atom. The maximum atomic E-state index is 11.6. The molecule has 2 saturated heterocycles. The molecule has 0 saturated carbocycles. The fraction of sp³-hybridized carbons (Fsp3) is 0.647. The maximum Gasteiger partial charge on any atom is 0.339 e. The summed E-state index contributed by atoms with van der Waals surface area (Å²) in [5.74, 6) is 0.367. The molecule has 0 spiro atoms. The van der Waals surface area contributed by atoms with Crippen LogP contribution in [-0.4, -0.2) is 60.6 Å². The third-order valence-electron chi connectivity index (χ3n) is 5.09. The number of anilines is 1. The molecule has 1 aromatic rings. The zero-order valence-electron chi connectivity index (χ0n) is 14.5. The van der Waals surface area contributed by atoms with Crippen molar-refractivity contribution >= 4 is 17.5 Å². The van der Waals surface area contributed by atoms with E-state index in [1.54, 1.807) is 0 Å². The van der Waals surface area contributed by atoms with Gasteiger partial charge < -0.3 is 14.5 Å². The number of pyridine rings is 1. The summed E-state index contributed by atoms with van der Waals surface area (Å²) < 4.78 is 4.61. The molecule has 0 aromatic carbocycles. The van der Waals surface area contributed by atoms with E-state index >= 15 is 0 Å². The quantitative estimate of drug-likeness (QED) is 0.457. The van der Waals surface area contributed by atoms with Crippen molar-refractivity contribution in [1.29, 1.82) is 0 Å². The van der Waals surface area contributed by atoms with Gasteiger partial charge in [0.15, 0.2) is 0 Å². The Bertz CT molecular complexity index is 638. The largest absolute Gasteiger partial charge is 0.465 e. The van der Waals surface area contributed by atoms with Crippen LogP contribution in [0.2, 0.25) is 0 Å². The van der Waals surface area contributed by atoms with Crippen LogP contribution in [0.5, 0.6) is 0 Å². The van der Waals surface area contributed by atoms with Crippen LogP contribution in [0.15, 0.2) is 12.3 Å². The van der Waals surface area contributed by atoms with E-state index in [-0.39, 0.29) is 11.3 Å². The van der Waals surface area contributed by atoms with Crippen molar-refractivity contribution in [1.82, 2.24) is 9.88 Å². The number of aromatic nitrogens is 1. The number of methoxy groups -OCH3 is 1. The van der Waals surface area contributed by atoms with Gasteiger partial charge in [0.1, 0.15) is 0 Å². The zero-order chi connectivity index (χ0) is 17.8. The van der Waals surface area contributed by atoms with Crippen LogP contribution in [0.25, 0.3) is 0 Å². The van der Waals surface area contributed by atoms with Crippen molar-refractivity contribution in [2.45, 2.75) is 25.7 Å². The van der Waals surface area contributed by atoms with Crippen molar-refractivity contribution in [2.24, 2.45) is 5.92 Å². The number of nitro groups is 1. The molecule has 0 radical (unpaired) electrons. The molecule has 2 aliphatic rings. The summed E-state index contributed by atoms with van der Waals surface area (Å²) in [5.41, 5.74) is -0.0391. The number of piperidine rings is 1. The van der Waals surface area contributed by atoms with E-state index in [0.29, 0.717) is 11.7 Å². The number of nitrogens with zero attached hydrogens (tertiary/aromatic N) is 4. The fourth-order valence-corrected chi connectivity index (χ4v) is 3.71. The first-order chi connectivity index (χ1) is 12.1. The van der Waals surface area contributed by atoms with Gasteiger partial charge in [0, 0.05) is 31.9 Å². The molecule has 25 heavy (non-hydrogen) atoms. The van der Waals surface area contributed by atoms with Gasteiger partial charge in [-0.25, -0.2) is 9.78 Å². The topological polar surface area (TPSA) is 88.8 Å². The lowest BCUT2D eigenvalue weighted by atomic mass is 9.96. The van der Waals surface area contributed by atoms with Crippen molar-refractivity contribution in [3.8, 4) is 0 Å². The molecule has 3 rings (SSSR count). The van der Waals surface area contributed by atoms with Gasteiger partial charge in [0.05, 0.1) is 17.6 Å². The van der Waals surface area contributed by atoms with Crippen LogP contribution in [0.3, 0.4) is 0 Å². The Morgan fingerprint density at radius 3 is 2.60 bits per heavy atom. The normalized spacial score (nSPS) is 19.2. The summed E-state index contributed by atoms with van der Waals surface area (Å²) in [6.07, 6.45) is 5.95. The molecule has 2 fully saturated rings. The molecular formula is C17H24N4O4. The molecule has 0 bridgehead atoms. The minimum atomic E-state index is -0.619. The molecule has 8 heteroatoms. The highest BCUT2D eigenvalue weighted by Gasteiger charge is 2.28. The molecule has 0 unspecified atom stereocenters. The van der Waals surface area contributed by atoms with E-state index in [4.69, 9.17) is 0 Å². The smallest absolute Gasteiger partial charge is 0.339 e. The van der Waals surface area contributed by atoms with Gasteiger partial charge in [-0.2, -0.15) is 0 Å². The van der Waals surface area contributed by atoms with Gasteiger partial charge in [-0.3, -0.25) is 10.1 Å². The van der Waals surface area contributed by atoms with Crippen LogP contribution >= 0.6 is 0 Å². The van der Waals surface area contributed by atoms with E-state index in [0.717, 1.165) is 32.5 Å². The zero-order valence-corrected chi connectivity index (χ0v) is 14.5. The number of carbonyl (C=O) groups excluding carboxylic acids is 1. The van der Waals surface area contributed by atoms with Crippen LogP contribution in [0, 0.1) is 16.0 Å². The molecule has 0 aliphatic carbocycles. The Labute approximate surface area is 146 Å². The molecule has 136 valence electrons. The maximum absolute atomic E-state index is 11.6. The van der Waals surface area contributed by atoms with Gasteiger partial charge in [-0.15, -0.1) is 0 Å². The highest BCUT2D eigenvalue weighted by atomic mass is 16.6. The molecular weight excluding hydrogens is 324 g/mol. The van der Waals surface area contributed by atoms with Gasteiger partial charge in [0.25, 0.3) is 0 Å². The monoisotopic (exact) mass is 348 g/mol. The van der Waals surface area contributed by atoms with Gasteiger partial charge >= 0.3 is 11.7 Å². The minimum absolute atomic E-state index is 0.0990.